The van der Waals surface area contributed by atoms with Crippen LogP contribution in [-0.4, -0.2) is 0 Å². The van der Waals surface area contributed by atoms with Gasteiger partial charge in [0.05, 0.1) is 0 Å². The van der Waals surface area contributed by atoms with Crippen molar-refractivity contribution in [3.8, 4) is 43.8 Å². The summed E-state index contributed by atoms with van der Waals surface area (Å²) in [5, 5.41) is 2.95. The van der Waals surface area contributed by atoms with Gasteiger partial charge in [-0.2, -0.15) is 0 Å². The first kappa shape index (κ1) is 13.9. The van der Waals surface area contributed by atoms with Crippen molar-refractivity contribution in [2.75, 3.05) is 0 Å². The first-order chi connectivity index (χ1) is 12.2. The molecular weight excluding hydrogens is 320 g/mol. The number of hydrogen-bond donors (Lipinski definition) is 0. The van der Waals surface area contributed by atoms with Crippen molar-refractivity contribution >= 4 is 22.1 Å². The van der Waals surface area contributed by atoms with Gasteiger partial charge in [0.25, 0.3) is 0 Å². The molecule has 1 aromatic heterocycles. The molecule has 0 aliphatic heterocycles. The number of fused-ring (bicyclic) bond motifs is 6. The molecule has 6 rings (SSSR count). The maximum absolute atomic E-state index is 2.41. The minimum atomic E-state index is 1.12. The summed E-state index contributed by atoms with van der Waals surface area (Å²) in [5.74, 6) is 0. The summed E-state index contributed by atoms with van der Waals surface area (Å²) in [7, 11) is 0. The van der Waals surface area contributed by atoms with Gasteiger partial charge in [-0.3, -0.25) is 0 Å². The Bertz CT molecular complexity index is 1150. The van der Waals surface area contributed by atoms with Crippen LogP contribution in [0.4, 0.5) is 0 Å². The molecule has 1 heterocycles. The van der Waals surface area contributed by atoms with Gasteiger partial charge in [0, 0.05) is 20.9 Å². The van der Waals surface area contributed by atoms with E-state index in [9.17, 15) is 0 Å². The monoisotopic (exact) mass is 338 g/mol. The first-order valence-electron chi connectivity index (χ1n) is 9.02. The molecule has 0 radical (unpaired) electrons. The maximum Gasteiger partial charge on any atom is 0.0430 e. The highest BCUT2D eigenvalue weighted by Gasteiger charge is 2.30. The lowest BCUT2D eigenvalue weighted by atomic mass is 9.97. The van der Waals surface area contributed by atoms with Crippen LogP contribution in [0.15, 0.2) is 42.5 Å². The van der Waals surface area contributed by atoms with Gasteiger partial charge in [0.15, 0.2) is 0 Å². The molecule has 3 aromatic carbocycles. The average Bonchev–Trinajstić information content (AvgIpc) is 3.25. The van der Waals surface area contributed by atoms with Crippen molar-refractivity contribution in [2.45, 2.75) is 27.2 Å². The van der Waals surface area contributed by atoms with Crippen molar-refractivity contribution in [3.63, 3.8) is 0 Å². The van der Waals surface area contributed by atoms with Gasteiger partial charge >= 0.3 is 0 Å². The van der Waals surface area contributed by atoms with Crippen molar-refractivity contribution in [3.05, 3.63) is 58.5 Å². The van der Waals surface area contributed by atoms with Crippen LogP contribution in [-0.2, 0) is 6.42 Å². The Kier molecular flexibility index (Phi) is 2.45. The van der Waals surface area contributed by atoms with Crippen LogP contribution < -0.4 is 0 Å². The van der Waals surface area contributed by atoms with Gasteiger partial charge in [-0.1, -0.05) is 43.3 Å². The lowest BCUT2D eigenvalue weighted by molar-refractivity contribution is 1.19. The van der Waals surface area contributed by atoms with Crippen molar-refractivity contribution in [1.29, 1.82) is 0 Å². The highest BCUT2D eigenvalue weighted by molar-refractivity contribution is 7.16. The molecular formula is C24H18S. The fraction of sp³-hybridized carbons (Fsp3) is 0.167. The predicted octanol–water partition coefficient (Wildman–Crippen LogP) is 7.38. The summed E-state index contributed by atoms with van der Waals surface area (Å²) in [6.07, 6.45) is 1.12. The molecule has 0 bridgehead atoms. The summed E-state index contributed by atoms with van der Waals surface area (Å²) in [4.78, 5) is 2.96. The summed E-state index contributed by atoms with van der Waals surface area (Å²) >= 11 is 1.97. The smallest absolute Gasteiger partial charge is 0.0430 e. The van der Waals surface area contributed by atoms with E-state index in [1.54, 1.807) is 0 Å². The fourth-order valence-electron chi connectivity index (χ4n) is 4.64. The van der Waals surface area contributed by atoms with Gasteiger partial charge in [-0.05, 0) is 76.1 Å². The molecule has 25 heavy (non-hydrogen) atoms. The summed E-state index contributed by atoms with van der Waals surface area (Å²) < 4.78 is 0. The second kappa shape index (κ2) is 4.42. The Labute approximate surface area is 151 Å². The van der Waals surface area contributed by atoms with Gasteiger partial charge in [-0.15, -0.1) is 11.3 Å². The van der Waals surface area contributed by atoms with Gasteiger partial charge < -0.3 is 0 Å². The van der Waals surface area contributed by atoms with Crippen molar-refractivity contribution in [2.24, 2.45) is 0 Å². The van der Waals surface area contributed by atoms with E-state index in [4.69, 9.17) is 0 Å². The highest BCUT2D eigenvalue weighted by atomic mass is 32.1. The van der Waals surface area contributed by atoms with Gasteiger partial charge in [0.2, 0.25) is 0 Å². The number of aryl methyl sites for hydroxylation is 3. The Morgan fingerprint density at radius 1 is 0.640 bits per heavy atom. The third-order valence-electron chi connectivity index (χ3n) is 6.04. The molecule has 0 atom stereocenters. The van der Waals surface area contributed by atoms with E-state index in [1.807, 2.05) is 11.3 Å². The highest BCUT2D eigenvalue weighted by Crippen LogP contribution is 2.57. The predicted molar refractivity (Wildman–Crippen MR) is 110 cm³/mol. The Hall–Kier alpha value is -2.38. The Morgan fingerprint density at radius 2 is 1.16 bits per heavy atom. The van der Waals surface area contributed by atoms with Crippen molar-refractivity contribution in [1.82, 2.24) is 0 Å². The molecule has 0 fully saturated rings. The van der Waals surface area contributed by atoms with E-state index < -0.39 is 0 Å². The quantitative estimate of drug-likeness (QED) is 0.293. The molecule has 0 N–H and O–H groups in total. The summed E-state index contributed by atoms with van der Waals surface area (Å²) in [6.45, 7) is 6.69. The van der Waals surface area contributed by atoms with E-state index in [0.717, 1.165) is 6.42 Å². The Morgan fingerprint density at radius 3 is 1.76 bits per heavy atom. The normalized spacial score (nSPS) is 12.8. The third kappa shape index (κ3) is 1.54. The molecule has 0 amide bonds. The van der Waals surface area contributed by atoms with Crippen LogP contribution in [0.25, 0.3) is 54.6 Å². The summed E-state index contributed by atoms with van der Waals surface area (Å²) in [6, 6.07) is 16.6. The number of benzene rings is 3. The van der Waals surface area contributed by atoms with Crippen LogP contribution in [0.5, 0.6) is 0 Å². The standard InChI is InChI=1S/C24H18S/c1-4-14-11-21-17-6-5-15-19-9-12(2)13(3)10-20(19)16-7-8-18(24(21)25-14)23(17)22(15)16/h5-11H,4H2,1-3H3. The zero-order valence-corrected chi connectivity index (χ0v) is 15.5. The van der Waals surface area contributed by atoms with E-state index in [0.29, 0.717) is 0 Å². The molecule has 0 saturated carbocycles. The molecule has 2 aliphatic rings. The maximum atomic E-state index is 2.41. The largest absolute Gasteiger partial charge is 0.140 e. The molecule has 2 aliphatic carbocycles. The number of hydrogen-bond acceptors (Lipinski definition) is 1. The minimum absolute atomic E-state index is 1.12. The Balaban J connectivity index is 1.76. The van der Waals surface area contributed by atoms with Crippen LogP contribution in [0, 0.1) is 13.8 Å². The SMILES string of the molecule is CCc1cc2c(s1)-c1ccc3c4c(ccc-2c14)-c1cc(C)c(C)cc1-3. The lowest BCUT2D eigenvalue weighted by Crippen LogP contribution is -1.84. The van der Waals surface area contributed by atoms with E-state index in [-0.39, 0.29) is 0 Å². The topological polar surface area (TPSA) is 0 Å². The molecule has 120 valence electrons. The lowest BCUT2D eigenvalue weighted by Gasteiger charge is -2.06. The van der Waals surface area contributed by atoms with E-state index in [2.05, 4.69) is 63.2 Å². The molecule has 1 heteroatoms. The second-order valence-corrected chi connectivity index (χ2v) is 8.50. The first-order valence-corrected chi connectivity index (χ1v) is 9.84. The fourth-order valence-corrected chi connectivity index (χ4v) is 5.78. The van der Waals surface area contributed by atoms with Crippen LogP contribution in [0.2, 0.25) is 0 Å². The van der Waals surface area contributed by atoms with Crippen molar-refractivity contribution < 1.29 is 0 Å². The molecule has 0 nitrogen and oxygen atoms in total. The van der Waals surface area contributed by atoms with Crippen LogP contribution in [0.3, 0.4) is 0 Å². The molecule has 4 aromatic rings. The van der Waals surface area contributed by atoms with E-state index in [1.165, 1.54) is 70.6 Å². The third-order valence-corrected chi connectivity index (χ3v) is 7.35. The van der Waals surface area contributed by atoms with E-state index >= 15 is 0 Å². The zero-order chi connectivity index (χ0) is 16.9. The van der Waals surface area contributed by atoms with Gasteiger partial charge in [0.1, 0.15) is 0 Å². The second-order valence-electron chi connectivity index (χ2n) is 7.36. The van der Waals surface area contributed by atoms with Gasteiger partial charge in [-0.25, -0.2) is 0 Å². The minimum Gasteiger partial charge on any atom is -0.140 e. The average molecular weight is 338 g/mol. The molecule has 0 unspecified atom stereocenters. The van der Waals surface area contributed by atoms with Crippen LogP contribution in [0.1, 0.15) is 22.9 Å². The number of rotatable bonds is 1. The molecule has 0 spiro atoms. The number of thiophene rings is 1. The molecule has 0 saturated heterocycles. The summed E-state index contributed by atoms with van der Waals surface area (Å²) in [5.41, 5.74) is 12.7. The van der Waals surface area contributed by atoms with Crippen LogP contribution >= 0.6 is 11.3 Å². The zero-order valence-electron chi connectivity index (χ0n) is 14.7.